The largest absolute Gasteiger partial charge is 0.491 e. The van der Waals surface area contributed by atoms with Crippen molar-refractivity contribution in [1.82, 2.24) is 9.47 Å². The lowest BCUT2D eigenvalue weighted by molar-refractivity contribution is -0.137. The number of methoxy groups -OCH3 is 1. The minimum absolute atomic E-state index is 0.0356. The smallest absolute Gasteiger partial charge is 0.416 e. The molecule has 4 nitrogen and oxygen atoms in total. The zero-order chi connectivity index (χ0) is 20.6. The normalized spacial score (nSPS) is 23.8. The number of nitrogens with zero attached hydrogens (tertiary/aromatic N) is 2. The standard InChI is InChI=1S/C22H25F3N2O2/c1-29-19-5-4-12-27(20(19)28)11-3-2-10-26-14-18-13-21(18,15-26)16-6-8-17(9-7-16)22(23,24)25/h4-9,12,18H,2-3,10-11,13-15H2,1H3/t18-,21+/m0/s1. The monoisotopic (exact) mass is 406 g/mol. The molecule has 2 heterocycles. The second-order valence-electron chi connectivity index (χ2n) is 8.15. The maximum atomic E-state index is 12.8. The number of halogens is 3. The number of aryl methyl sites for hydroxylation is 1. The number of ether oxygens (including phenoxy) is 1. The highest BCUT2D eigenvalue weighted by atomic mass is 19.4. The molecule has 4 rings (SSSR count). The molecule has 2 aromatic rings. The van der Waals surface area contributed by atoms with Crippen LogP contribution in [0.1, 0.15) is 30.4 Å². The lowest BCUT2D eigenvalue weighted by Gasteiger charge is -2.21. The van der Waals surface area contributed by atoms with Crippen LogP contribution in [-0.2, 0) is 18.1 Å². The highest BCUT2D eigenvalue weighted by Gasteiger charge is 2.60. The van der Waals surface area contributed by atoms with E-state index in [0.29, 0.717) is 18.2 Å². The van der Waals surface area contributed by atoms with Gasteiger partial charge >= 0.3 is 6.18 Å². The number of alkyl halides is 3. The average molecular weight is 406 g/mol. The molecule has 0 radical (unpaired) electrons. The molecular weight excluding hydrogens is 381 g/mol. The fraction of sp³-hybridized carbons (Fsp3) is 0.500. The van der Waals surface area contributed by atoms with Gasteiger partial charge < -0.3 is 14.2 Å². The van der Waals surface area contributed by atoms with Gasteiger partial charge in [0.2, 0.25) is 0 Å². The molecule has 1 aromatic carbocycles. The summed E-state index contributed by atoms with van der Waals surface area (Å²) >= 11 is 0. The lowest BCUT2D eigenvalue weighted by Crippen LogP contribution is -2.28. The molecule has 156 valence electrons. The molecular formula is C22H25F3N2O2. The number of aromatic nitrogens is 1. The van der Waals surface area contributed by atoms with Gasteiger partial charge in [-0.3, -0.25) is 4.79 Å². The van der Waals surface area contributed by atoms with Gasteiger partial charge in [-0.1, -0.05) is 12.1 Å². The number of fused-ring (bicyclic) bond motifs is 1. The molecule has 1 aliphatic carbocycles. The van der Waals surface area contributed by atoms with Crippen LogP contribution >= 0.6 is 0 Å². The predicted octanol–water partition coefficient (Wildman–Crippen LogP) is 3.93. The predicted molar refractivity (Wildman–Crippen MR) is 104 cm³/mol. The van der Waals surface area contributed by atoms with Crippen LogP contribution in [0.15, 0.2) is 47.4 Å². The van der Waals surface area contributed by atoms with E-state index in [2.05, 4.69) is 4.90 Å². The molecule has 0 unspecified atom stereocenters. The summed E-state index contributed by atoms with van der Waals surface area (Å²) in [4.78, 5) is 14.5. The fourth-order valence-corrected chi connectivity index (χ4v) is 4.66. The maximum absolute atomic E-state index is 12.8. The number of hydrogen-bond acceptors (Lipinski definition) is 3. The quantitative estimate of drug-likeness (QED) is 0.654. The van der Waals surface area contributed by atoms with Crippen molar-refractivity contribution in [3.8, 4) is 5.75 Å². The van der Waals surface area contributed by atoms with E-state index in [9.17, 15) is 18.0 Å². The van der Waals surface area contributed by atoms with Crippen LogP contribution in [0.2, 0.25) is 0 Å². The van der Waals surface area contributed by atoms with Crippen molar-refractivity contribution in [1.29, 1.82) is 0 Å². The maximum Gasteiger partial charge on any atom is 0.416 e. The molecule has 1 saturated heterocycles. The number of pyridine rings is 1. The second kappa shape index (κ2) is 7.52. The Morgan fingerprint density at radius 1 is 1.14 bits per heavy atom. The Labute approximate surface area is 167 Å². The highest BCUT2D eigenvalue weighted by Crippen LogP contribution is 2.59. The van der Waals surface area contributed by atoms with Crippen LogP contribution in [0.3, 0.4) is 0 Å². The SMILES string of the molecule is COc1cccn(CCCCN2C[C@@H]3C[C@]3(c3ccc(C(F)(F)F)cc3)C2)c1=O. The van der Waals surface area contributed by atoms with Crippen LogP contribution in [0.5, 0.6) is 5.75 Å². The minimum Gasteiger partial charge on any atom is -0.491 e. The second-order valence-corrected chi connectivity index (χ2v) is 8.15. The Morgan fingerprint density at radius 2 is 1.86 bits per heavy atom. The molecule has 2 aliphatic rings. The Morgan fingerprint density at radius 3 is 2.55 bits per heavy atom. The van der Waals surface area contributed by atoms with Crippen LogP contribution < -0.4 is 10.3 Å². The molecule has 29 heavy (non-hydrogen) atoms. The van der Waals surface area contributed by atoms with E-state index < -0.39 is 11.7 Å². The van der Waals surface area contributed by atoms with Crippen molar-refractivity contribution >= 4 is 0 Å². The third-order valence-corrected chi connectivity index (χ3v) is 6.33. The number of hydrogen-bond donors (Lipinski definition) is 0. The number of rotatable bonds is 7. The Hall–Kier alpha value is -2.28. The Kier molecular flexibility index (Phi) is 5.19. The van der Waals surface area contributed by atoms with Crippen molar-refractivity contribution in [3.63, 3.8) is 0 Å². The summed E-state index contributed by atoms with van der Waals surface area (Å²) < 4.78 is 45.1. The number of piperidine rings is 1. The van der Waals surface area contributed by atoms with Crippen molar-refractivity contribution in [2.75, 3.05) is 26.7 Å². The third kappa shape index (κ3) is 3.92. The summed E-state index contributed by atoms with van der Waals surface area (Å²) in [6, 6.07) is 9.18. The van der Waals surface area contributed by atoms with Gasteiger partial charge in [0.15, 0.2) is 5.75 Å². The lowest BCUT2D eigenvalue weighted by atomic mass is 9.94. The number of benzene rings is 1. The number of likely N-dealkylation sites (tertiary alicyclic amines) is 1. The first-order chi connectivity index (χ1) is 13.8. The van der Waals surface area contributed by atoms with E-state index in [1.54, 1.807) is 29.0 Å². The van der Waals surface area contributed by atoms with E-state index in [1.807, 2.05) is 6.07 Å². The average Bonchev–Trinajstić information content (AvgIpc) is 3.27. The van der Waals surface area contributed by atoms with Gasteiger partial charge in [0, 0.05) is 31.2 Å². The third-order valence-electron chi connectivity index (χ3n) is 6.33. The summed E-state index contributed by atoms with van der Waals surface area (Å²) in [5.41, 5.74) is 0.366. The first kappa shape index (κ1) is 20.0. The van der Waals surface area contributed by atoms with Gasteiger partial charge in [-0.25, -0.2) is 0 Å². The van der Waals surface area contributed by atoms with Crippen molar-refractivity contribution in [2.24, 2.45) is 5.92 Å². The van der Waals surface area contributed by atoms with E-state index in [4.69, 9.17) is 4.74 Å². The molecule has 1 saturated carbocycles. The van der Waals surface area contributed by atoms with Gasteiger partial charge in [0.1, 0.15) is 0 Å². The van der Waals surface area contributed by atoms with Crippen LogP contribution in [0.25, 0.3) is 0 Å². The van der Waals surface area contributed by atoms with Gasteiger partial charge in [-0.15, -0.1) is 0 Å². The van der Waals surface area contributed by atoms with Gasteiger partial charge in [0.05, 0.1) is 12.7 Å². The highest BCUT2D eigenvalue weighted by molar-refractivity contribution is 5.39. The summed E-state index contributed by atoms with van der Waals surface area (Å²) in [5.74, 6) is 0.894. The molecule has 2 fully saturated rings. The van der Waals surface area contributed by atoms with Crippen molar-refractivity contribution in [3.05, 3.63) is 64.1 Å². The first-order valence-corrected chi connectivity index (χ1v) is 9.97. The van der Waals surface area contributed by atoms with Gasteiger partial charge in [-0.05, 0) is 61.6 Å². The topological polar surface area (TPSA) is 34.5 Å². The molecule has 1 aliphatic heterocycles. The Bertz CT molecular complexity index is 923. The molecule has 0 N–H and O–H groups in total. The molecule has 2 atom stereocenters. The first-order valence-electron chi connectivity index (χ1n) is 9.97. The molecule has 0 spiro atoms. The van der Waals surface area contributed by atoms with E-state index in [0.717, 1.165) is 44.5 Å². The molecule has 1 aromatic heterocycles. The Balaban J connectivity index is 1.28. The van der Waals surface area contributed by atoms with Crippen LogP contribution in [0.4, 0.5) is 13.2 Å². The van der Waals surface area contributed by atoms with Crippen LogP contribution in [0, 0.1) is 5.92 Å². The van der Waals surface area contributed by atoms with Crippen molar-refractivity contribution in [2.45, 2.75) is 37.4 Å². The van der Waals surface area contributed by atoms with Gasteiger partial charge in [0.25, 0.3) is 5.56 Å². The van der Waals surface area contributed by atoms with Crippen LogP contribution in [-0.4, -0.2) is 36.2 Å². The van der Waals surface area contributed by atoms with E-state index in [-0.39, 0.29) is 11.0 Å². The fourth-order valence-electron chi connectivity index (χ4n) is 4.66. The zero-order valence-corrected chi connectivity index (χ0v) is 16.4. The molecule has 7 heteroatoms. The summed E-state index contributed by atoms with van der Waals surface area (Å²) in [6.07, 6.45) is 0.413. The molecule has 0 amide bonds. The summed E-state index contributed by atoms with van der Waals surface area (Å²) in [7, 11) is 1.49. The van der Waals surface area contributed by atoms with E-state index in [1.165, 1.54) is 19.2 Å². The summed E-state index contributed by atoms with van der Waals surface area (Å²) in [6.45, 7) is 3.50. The minimum atomic E-state index is -4.29. The van der Waals surface area contributed by atoms with Crippen molar-refractivity contribution < 1.29 is 17.9 Å². The molecule has 0 bridgehead atoms. The zero-order valence-electron chi connectivity index (χ0n) is 16.4. The number of unbranched alkanes of at least 4 members (excludes halogenated alkanes) is 1. The van der Waals surface area contributed by atoms with E-state index >= 15 is 0 Å². The summed E-state index contributed by atoms with van der Waals surface area (Å²) in [5, 5.41) is 0. The van der Waals surface area contributed by atoms with Gasteiger partial charge in [-0.2, -0.15) is 13.2 Å².